The highest BCUT2D eigenvalue weighted by Crippen LogP contribution is 2.16. The molecule has 76 valence electrons. The van der Waals surface area contributed by atoms with Gasteiger partial charge in [0.05, 0.1) is 0 Å². The minimum atomic E-state index is 0.572. The zero-order valence-corrected chi connectivity index (χ0v) is 9.35. The van der Waals surface area contributed by atoms with Crippen molar-refractivity contribution in [3.63, 3.8) is 0 Å². The lowest BCUT2D eigenvalue weighted by atomic mass is 10.2. The van der Waals surface area contributed by atoms with Crippen LogP contribution in [0.15, 0.2) is 36.9 Å². The maximum Gasteiger partial charge on any atom is 0.119 e. The third kappa shape index (κ3) is 3.88. The minimum absolute atomic E-state index is 0.572. The largest absolute Gasteiger partial charge is 0.490 e. The van der Waals surface area contributed by atoms with E-state index in [0.29, 0.717) is 6.61 Å². The molecule has 2 heteroatoms. The molecule has 0 aliphatic heterocycles. The summed E-state index contributed by atoms with van der Waals surface area (Å²) in [6.45, 7) is 6.35. The number of thioether (sulfide) groups is 1. The van der Waals surface area contributed by atoms with Crippen LogP contribution in [0, 0.1) is 0 Å². The normalized spacial score (nSPS) is 9.79. The molecule has 0 aliphatic rings. The van der Waals surface area contributed by atoms with Gasteiger partial charge in [-0.05, 0) is 23.4 Å². The molecule has 0 heterocycles. The van der Waals surface area contributed by atoms with Crippen molar-refractivity contribution in [2.45, 2.75) is 12.7 Å². The molecule has 14 heavy (non-hydrogen) atoms. The van der Waals surface area contributed by atoms with Crippen LogP contribution in [0.4, 0.5) is 0 Å². The number of rotatable bonds is 6. The van der Waals surface area contributed by atoms with Gasteiger partial charge in [-0.3, -0.25) is 0 Å². The Kier molecular flexibility index (Phi) is 5.23. The Morgan fingerprint density at radius 2 is 2.07 bits per heavy atom. The summed E-state index contributed by atoms with van der Waals surface area (Å²) in [5.74, 6) is 3.16. The molecule has 0 saturated heterocycles. The fraction of sp³-hybridized carbons (Fsp3) is 0.333. The molecule has 0 spiro atoms. The first-order chi connectivity index (χ1) is 6.86. The van der Waals surface area contributed by atoms with Gasteiger partial charge in [0.1, 0.15) is 12.4 Å². The fourth-order valence-corrected chi connectivity index (χ4v) is 1.69. The first kappa shape index (κ1) is 11.2. The Balaban J connectivity index is 2.46. The summed E-state index contributed by atoms with van der Waals surface area (Å²) >= 11 is 1.93. The van der Waals surface area contributed by atoms with Gasteiger partial charge < -0.3 is 4.74 Å². The first-order valence-corrected chi connectivity index (χ1v) is 5.92. The zero-order chi connectivity index (χ0) is 10.2. The van der Waals surface area contributed by atoms with E-state index in [1.165, 1.54) is 5.56 Å². The van der Waals surface area contributed by atoms with Gasteiger partial charge in [-0.2, -0.15) is 11.8 Å². The molecule has 0 aliphatic carbocycles. The Bertz CT molecular complexity index is 266. The molecule has 0 bridgehead atoms. The van der Waals surface area contributed by atoms with Crippen molar-refractivity contribution < 1.29 is 4.74 Å². The third-order valence-corrected chi connectivity index (χ3v) is 2.71. The molecule has 1 nitrogen and oxygen atoms in total. The quantitative estimate of drug-likeness (QED) is 0.662. The molecule has 0 unspecified atom stereocenters. The van der Waals surface area contributed by atoms with E-state index in [1.807, 2.05) is 23.9 Å². The van der Waals surface area contributed by atoms with Crippen LogP contribution < -0.4 is 4.74 Å². The van der Waals surface area contributed by atoms with Crippen LogP contribution in [0.5, 0.6) is 5.75 Å². The van der Waals surface area contributed by atoms with E-state index < -0.39 is 0 Å². The highest BCUT2D eigenvalue weighted by molar-refractivity contribution is 7.98. The molecule has 1 rings (SSSR count). The number of ether oxygens (including phenoxy) is 1. The number of benzene rings is 1. The van der Waals surface area contributed by atoms with Crippen molar-refractivity contribution in [3.8, 4) is 5.75 Å². The van der Waals surface area contributed by atoms with Gasteiger partial charge >= 0.3 is 0 Å². The third-order valence-electron chi connectivity index (χ3n) is 1.76. The standard InChI is InChI=1S/C12H16OS/c1-3-9-13-12-7-5-11(6-8-12)10-14-4-2/h3,5-8H,1,4,9-10H2,2H3. The van der Waals surface area contributed by atoms with Crippen molar-refractivity contribution in [3.05, 3.63) is 42.5 Å². The fourth-order valence-electron chi connectivity index (χ4n) is 1.06. The maximum atomic E-state index is 5.39. The van der Waals surface area contributed by atoms with Crippen LogP contribution in [0.1, 0.15) is 12.5 Å². The molecule has 0 aromatic heterocycles. The van der Waals surface area contributed by atoms with E-state index in [4.69, 9.17) is 4.74 Å². The van der Waals surface area contributed by atoms with Gasteiger partial charge in [0.2, 0.25) is 0 Å². The molecule has 1 aromatic carbocycles. The monoisotopic (exact) mass is 208 g/mol. The average molecular weight is 208 g/mol. The Morgan fingerprint density at radius 1 is 1.36 bits per heavy atom. The van der Waals surface area contributed by atoms with E-state index in [9.17, 15) is 0 Å². The van der Waals surface area contributed by atoms with E-state index in [1.54, 1.807) is 6.08 Å². The summed E-state index contributed by atoms with van der Waals surface area (Å²) in [5, 5.41) is 0. The molecule has 0 amide bonds. The van der Waals surface area contributed by atoms with E-state index in [-0.39, 0.29) is 0 Å². The predicted molar refractivity (Wildman–Crippen MR) is 64.0 cm³/mol. The topological polar surface area (TPSA) is 9.23 Å². The van der Waals surface area contributed by atoms with Crippen molar-refractivity contribution in [2.24, 2.45) is 0 Å². The highest BCUT2D eigenvalue weighted by atomic mass is 32.2. The molecule has 0 fully saturated rings. The Hall–Kier alpha value is -0.890. The summed E-state index contributed by atoms with van der Waals surface area (Å²) in [4.78, 5) is 0. The van der Waals surface area contributed by atoms with Gasteiger partial charge in [0, 0.05) is 5.75 Å². The zero-order valence-electron chi connectivity index (χ0n) is 8.53. The van der Waals surface area contributed by atoms with Crippen LogP contribution in [-0.2, 0) is 5.75 Å². The second-order valence-corrected chi connectivity index (χ2v) is 4.16. The van der Waals surface area contributed by atoms with Crippen molar-refractivity contribution >= 4 is 11.8 Å². The molecular weight excluding hydrogens is 192 g/mol. The summed E-state index contributed by atoms with van der Waals surface area (Å²) in [6, 6.07) is 8.24. The van der Waals surface area contributed by atoms with Crippen LogP contribution >= 0.6 is 11.8 Å². The molecule has 0 saturated carbocycles. The summed E-state index contributed by atoms with van der Waals surface area (Å²) in [7, 11) is 0. The second kappa shape index (κ2) is 6.55. The van der Waals surface area contributed by atoms with Crippen LogP contribution in [-0.4, -0.2) is 12.4 Å². The van der Waals surface area contributed by atoms with Crippen LogP contribution in [0.2, 0.25) is 0 Å². The minimum Gasteiger partial charge on any atom is -0.490 e. The van der Waals surface area contributed by atoms with Gasteiger partial charge in [-0.15, -0.1) is 0 Å². The second-order valence-electron chi connectivity index (χ2n) is 2.88. The highest BCUT2D eigenvalue weighted by Gasteiger charge is 1.94. The maximum absolute atomic E-state index is 5.39. The van der Waals surface area contributed by atoms with Gasteiger partial charge in [0.15, 0.2) is 0 Å². The number of hydrogen-bond acceptors (Lipinski definition) is 2. The number of hydrogen-bond donors (Lipinski definition) is 0. The summed E-state index contributed by atoms with van der Waals surface area (Å²) in [6.07, 6.45) is 1.75. The Morgan fingerprint density at radius 3 is 2.64 bits per heavy atom. The van der Waals surface area contributed by atoms with Crippen LogP contribution in [0.3, 0.4) is 0 Å². The van der Waals surface area contributed by atoms with Crippen LogP contribution in [0.25, 0.3) is 0 Å². The summed E-state index contributed by atoms with van der Waals surface area (Å²) in [5.41, 5.74) is 1.35. The SMILES string of the molecule is C=CCOc1ccc(CSCC)cc1. The van der Waals surface area contributed by atoms with Gasteiger partial charge in [-0.1, -0.05) is 31.7 Å². The molecule has 1 aromatic rings. The Labute approximate surface area is 90.2 Å². The van der Waals surface area contributed by atoms with Crippen molar-refractivity contribution in [2.75, 3.05) is 12.4 Å². The van der Waals surface area contributed by atoms with Gasteiger partial charge in [-0.25, -0.2) is 0 Å². The van der Waals surface area contributed by atoms with E-state index >= 15 is 0 Å². The molecular formula is C12H16OS. The lowest BCUT2D eigenvalue weighted by molar-refractivity contribution is 0.363. The predicted octanol–water partition coefficient (Wildman–Crippen LogP) is 3.50. The first-order valence-electron chi connectivity index (χ1n) is 4.77. The lowest BCUT2D eigenvalue weighted by Crippen LogP contribution is -1.92. The van der Waals surface area contributed by atoms with Crippen molar-refractivity contribution in [1.29, 1.82) is 0 Å². The van der Waals surface area contributed by atoms with E-state index in [0.717, 1.165) is 17.3 Å². The molecule has 0 atom stereocenters. The average Bonchev–Trinajstić information content (AvgIpc) is 2.25. The van der Waals surface area contributed by atoms with E-state index in [2.05, 4.69) is 25.6 Å². The van der Waals surface area contributed by atoms with Gasteiger partial charge in [0.25, 0.3) is 0 Å². The summed E-state index contributed by atoms with van der Waals surface area (Å²) < 4.78 is 5.39. The lowest BCUT2D eigenvalue weighted by Gasteiger charge is -2.04. The molecule has 0 N–H and O–H groups in total. The smallest absolute Gasteiger partial charge is 0.119 e. The molecule has 0 radical (unpaired) electrons. The van der Waals surface area contributed by atoms with Crippen molar-refractivity contribution in [1.82, 2.24) is 0 Å².